The number of ketones is 1. The van der Waals surface area contributed by atoms with Crippen LogP contribution in [0.1, 0.15) is 10.4 Å². The quantitative estimate of drug-likeness (QED) is 0.447. The Labute approximate surface area is 92.6 Å². The summed E-state index contributed by atoms with van der Waals surface area (Å²) in [4.78, 5) is 22.2. The minimum absolute atomic E-state index is 0.310. The predicted molar refractivity (Wildman–Crippen MR) is 60.9 cm³/mol. The van der Waals surface area contributed by atoms with Crippen LogP contribution in [-0.4, -0.2) is 19.2 Å². The second-order valence-electron chi connectivity index (χ2n) is 3.35. The molecule has 0 N–H and O–H groups in total. The Bertz CT molecular complexity index is 558. The number of rotatable bonds is 3. The van der Waals surface area contributed by atoms with Crippen LogP contribution in [0, 0.1) is 0 Å². The number of aldehydes is 1. The first-order valence-electron chi connectivity index (χ1n) is 4.83. The van der Waals surface area contributed by atoms with Gasteiger partial charge in [0.1, 0.15) is 5.75 Å². The van der Waals surface area contributed by atoms with E-state index in [0.717, 1.165) is 10.8 Å². The lowest BCUT2D eigenvalue weighted by atomic mass is 10.0. The molecule has 0 saturated carbocycles. The summed E-state index contributed by atoms with van der Waals surface area (Å²) in [6, 6.07) is 10.9. The van der Waals surface area contributed by atoms with Gasteiger partial charge in [0, 0.05) is 0 Å². The Morgan fingerprint density at radius 2 is 1.94 bits per heavy atom. The lowest BCUT2D eigenvalue weighted by Gasteiger charge is -2.08. The van der Waals surface area contributed by atoms with Gasteiger partial charge in [0.05, 0.1) is 12.7 Å². The van der Waals surface area contributed by atoms with Crippen LogP contribution in [0.15, 0.2) is 36.4 Å². The standard InChI is InChI=1S/C13H10O3/c1-16-12-7-6-9-4-2-3-5-10(9)13(12)11(15)8-14/h2-8H,1H3. The first-order chi connectivity index (χ1) is 7.77. The van der Waals surface area contributed by atoms with Crippen LogP contribution in [0.2, 0.25) is 0 Å². The van der Waals surface area contributed by atoms with E-state index in [-0.39, 0.29) is 0 Å². The van der Waals surface area contributed by atoms with Crippen molar-refractivity contribution >= 4 is 22.8 Å². The monoisotopic (exact) mass is 214 g/mol. The van der Waals surface area contributed by atoms with Gasteiger partial charge in [0.15, 0.2) is 6.29 Å². The first kappa shape index (κ1) is 10.4. The molecule has 0 unspecified atom stereocenters. The van der Waals surface area contributed by atoms with Crippen molar-refractivity contribution in [3.05, 3.63) is 42.0 Å². The van der Waals surface area contributed by atoms with Crippen molar-refractivity contribution in [3.8, 4) is 5.75 Å². The van der Waals surface area contributed by atoms with Gasteiger partial charge in [0.2, 0.25) is 5.78 Å². The summed E-state index contributed by atoms with van der Waals surface area (Å²) in [6.45, 7) is 0. The average Bonchev–Trinajstić information content (AvgIpc) is 2.36. The Kier molecular flexibility index (Phi) is 2.68. The number of carbonyl (C=O) groups excluding carboxylic acids is 2. The van der Waals surface area contributed by atoms with E-state index in [0.29, 0.717) is 17.6 Å². The van der Waals surface area contributed by atoms with Gasteiger partial charge in [-0.25, -0.2) is 0 Å². The molecule has 2 rings (SSSR count). The van der Waals surface area contributed by atoms with E-state index in [1.165, 1.54) is 7.11 Å². The molecule has 0 bridgehead atoms. The number of ether oxygens (including phenoxy) is 1. The molecule has 16 heavy (non-hydrogen) atoms. The van der Waals surface area contributed by atoms with Crippen LogP contribution in [0.25, 0.3) is 10.8 Å². The number of methoxy groups -OCH3 is 1. The number of Topliss-reactive ketones (excluding diaryl/α,β-unsaturated/α-hetero) is 1. The molecule has 0 aliphatic heterocycles. The Balaban J connectivity index is 2.83. The minimum atomic E-state index is -0.561. The normalized spacial score (nSPS) is 10.1. The summed E-state index contributed by atoms with van der Waals surface area (Å²) in [7, 11) is 1.48. The molecule has 0 heterocycles. The topological polar surface area (TPSA) is 43.4 Å². The van der Waals surface area contributed by atoms with E-state index in [9.17, 15) is 9.59 Å². The predicted octanol–water partition coefficient (Wildman–Crippen LogP) is 2.23. The van der Waals surface area contributed by atoms with Crippen molar-refractivity contribution in [2.24, 2.45) is 0 Å². The lowest BCUT2D eigenvalue weighted by molar-refractivity contribution is -0.104. The average molecular weight is 214 g/mol. The maximum Gasteiger partial charge on any atom is 0.229 e. The molecular weight excluding hydrogens is 204 g/mol. The van der Waals surface area contributed by atoms with Crippen molar-refractivity contribution < 1.29 is 14.3 Å². The number of fused-ring (bicyclic) bond motifs is 1. The van der Waals surface area contributed by atoms with Crippen LogP contribution >= 0.6 is 0 Å². The number of carbonyl (C=O) groups is 2. The van der Waals surface area contributed by atoms with E-state index >= 15 is 0 Å². The smallest absolute Gasteiger partial charge is 0.229 e. The first-order valence-corrected chi connectivity index (χ1v) is 4.83. The number of hydrogen-bond donors (Lipinski definition) is 0. The van der Waals surface area contributed by atoms with Crippen molar-refractivity contribution in [2.45, 2.75) is 0 Å². The Hall–Kier alpha value is -2.16. The molecule has 0 spiro atoms. The van der Waals surface area contributed by atoms with Crippen molar-refractivity contribution in [1.82, 2.24) is 0 Å². The molecule has 0 aliphatic carbocycles. The third kappa shape index (κ3) is 1.56. The largest absolute Gasteiger partial charge is 0.496 e. The lowest BCUT2D eigenvalue weighted by Crippen LogP contribution is -2.04. The molecule has 3 heteroatoms. The minimum Gasteiger partial charge on any atom is -0.496 e. The van der Waals surface area contributed by atoms with Crippen LogP contribution in [0.5, 0.6) is 5.75 Å². The fourth-order valence-electron chi connectivity index (χ4n) is 1.73. The molecule has 0 amide bonds. The maximum atomic E-state index is 11.6. The Morgan fingerprint density at radius 3 is 2.62 bits per heavy atom. The fraction of sp³-hybridized carbons (Fsp3) is 0.0769. The molecule has 0 fully saturated rings. The van der Waals surface area contributed by atoms with Gasteiger partial charge in [0.25, 0.3) is 0 Å². The zero-order valence-electron chi connectivity index (χ0n) is 8.77. The van der Waals surface area contributed by atoms with Gasteiger partial charge in [-0.2, -0.15) is 0 Å². The van der Waals surface area contributed by atoms with Gasteiger partial charge in [-0.15, -0.1) is 0 Å². The van der Waals surface area contributed by atoms with E-state index in [1.54, 1.807) is 12.1 Å². The van der Waals surface area contributed by atoms with Crippen molar-refractivity contribution in [3.63, 3.8) is 0 Å². The number of hydrogen-bond acceptors (Lipinski definition) is 3. The molecule has 2 aromatic carbocycles. The highest BCUT2D eigenvalue weighted by Crippen LogP contribution is 2.27. The summed E-state index contributed by atoms with van der Waals surface area (Å²) in [5, 5.41) is 1.65. The summed E-state index contributed by atoms with van der Waals surface area (Å²) in [5.74, 6) is -0.135. The molecule has 0 aromatic heterocycles. The third-order valence-electron chi connectivity index (χ3n) is 2.46. The van der Waals surface area contributed by atoms with Crippen LogP contribution in [0.4, 0.5) is 0 Å². The molecular formula is C13H10O3. The Morgan fingerprint density at radius 1 is 1.19 bits per heavy atom. The molecule has 3 nitrogen and oxygen atoms in total. The van der Waals surface area contributed by atoms with Gasteiger partial charge >= 0.3 is 0 Å². The molecule has 0 saturated heterocycles. The molecule has 2 aromatic rings. The summed E-state index contributed by atoms with van der Waals surface area (Å²) in [5.41, 5.74) is 0.329. The summed E-state index contributed by atoms with van der Waals surface area (Å²) < 4.78 is 5.10. The van der Waals surface area contributed by atoms with Gasteiger partial charge in [-0.05, 0) is 16.8 Å². The highest BCUT2D eigenvalue weighted by Gasteiger charge is 2.14. The van der Waals surface area contributed by atoms with Gasteiger partial charge in [-0.3, -0.25) is 9.59 Å². The van der Waals surface area contributed by atoms with Crippen LogP contribution in [0.3, 0.4) is 0 Å². The van der Waals surface area contributed by atoms with E-state index in [4.69, 9.17) is 4.74 Å². The van der Waals surface area contributed by atoms with Crippen molar-refractivity contribution in [1.29, 1.82) is 0 Å². The number of benzene rings is 2. The second-order valence-corrected chi connectivity index (χ2v) is 3.35. The highest BCUT2D eigenvalue weighted by atomic mass is 16.5. The van der Waals surface area contributed by atoms with E-state index in [1.807, 2.05) is 24.3 Å². The van der Waals surface area contributed by atoms with Crippen molar-refractivity contribution in [2.75, 3.05) is 7.11 Å². The SMILES string of the molecule is COc1ccc2ccccc2c1C(=O)C=O. The molecule has 80 valence electrons. The second kappa shape index (κ2) is 4.14. The third-order valence-corrected chi connectivity index (χ3v) is 2.46. The molecule has 0 aliphatic rings. The zero-order chi connectivity index (χ0) is 11.5. The summed E-state index contributed by atoms with van der Waals surface area (Å²) in [6.07, 6.45) is 0.310. The highest BCUT2D eigenvalue weighted by molar-refractivity contribution is 6.37. The van der Waals surface area contributed by atoms with E-state index in [2.05, 4.69) is 0 Å². The van der Waals surface area contributed by atoms with Crippen LogP contribution < -0.4 is 4.74 Å². The van der Waals surface area contributed by atoms with Crippen LogP contribution in [-0.2, 0) is 4.79 Å². The maximum absolute atomic E-state index is 11.6. The van der Waals surface area contributed by atoms with Gasteiger partial charge < -0.3 is 4.74 Å². The molecule has 0 atom stereocenters. The molecule has 0 radical (unpaired) electrons. The van der Waals surface area contributed by atoms with Gasteiger partial charge in [-0.1, -0.05) is 30.3 Å². The fourth-order valence-corrected chi connectivity index (χ4v) is 1.73. The summed E-state index contributed by atoms with van der Waals surface area (Å²) >= 11 is 0. The zero-order valence-corrected chi connectivity index (χ0v) is 8.77. The van der Waals surface area contributed by atoms with E-state index < -0.39 is 5.78 Å².